The lowest BCUT2D eigenvalue weighted by Crippen LogP contribution is -2.40. The Bertz CT molecular complexity index is 443. The van der Waals surface area contributed by atoms with Crippen LogP contribution in [0.4, 0.5) is 0 Å². The number of rotatable bonds is 1. The van der Waals surface area contributed by atoms with Crippen molar-refractivity contribution < 1.29 is 5.11 Å². The second-order valence-corrected chi connectivity index (χ2v) is 6.18. The number of piperidine rings is 1. The van der Waals surface area contributed by atoms with Crippen molar-refractivity contribution in [2.75, 3.05) is 13.1 Å². The summed E-state index contributed by atoms with van der Waals surface area (Å²) in [5, 5.41) is 9.56. The van der Waals surface area contributed by atoms with Crippen molar-refractivity contribution in [2.45, 2.75) is 39.2 Å². The maximum absolute atomic E-state index is 9.56. The summed E-state index contributed by atoms with van der Waals surface area (Å²) in [5.41, 5.74) is 2.81. The number of phenolic OH excluding ortho intramolecular Hbond substituents is 1. The van der Waals surface area contributed by atoms with Gasteiger partial charge in [0.1, 0.15) is 5.75 Å². The van der Waals surface area contributed by atoms with E-state index in [0.29, 0.717) is 11.8 Å². The largest absolute Gasteiger partial charge is 0.508 e. The van der Waals surface area contributed by atoms with Gasteiger partial charge in [-0.25, -0.2) is 0 Å². The molecule has 1 aliphatic carbocycles. The highest BCUT2D eigenvalue weighted by atomic mass is 16.3. The van der Waals surface area contributed by atoms with Crippen LogP contribution in [0.1, 0.15) is 43.9 Å². The predicted molar refractivity (Wildman–Crippen MR) is 73.7 cm³/mol. The average Bonchev–Trinajstić information content (AvgIpc) is 2.75. The van der Waals surface area contributed by atoms with Crippen LogP contribution in [0.2, 0.25) is 0 Å². The van der Waals surface area contributed by atoms with Crippen LogP contribution in [-0.4, -0.2) is 23.1 Å². The molecule has 2 aliphatic rings. The Labute approximate surface area is 110 Å². The second-order valence-electron chi connectivity index (χ2n) is 6.18. The molecular formula is C16H23NO. The summed E-state index contributed by atoms with van der Waals surface area (Å²) in [4.78, 5) is 2.66. The number of hydrogen-bond acceptors (Lipinski definition) is 2. The average molecular weight is 245 g/mol. The van der Waals surface area contributed by atoms with Gasteiger partial charge in [0.25, 0.3) is 0 Å². The molecule has 1 aliphatic heterocycles. The molecule has 3 rings (SSSR count). The molecule has 2 heteroatoms. The van der Waals surface area contributed by atoms with Gasteiger partial charge in [-0.05, 0) is 60.9 Å². The molecule has 1 saturated heterocycles. The van der Waals surface area contributed by atoms with Crippen molar-refractivity contribution in [1.29, 1.82) is 0 Å². The molecule has 98 valence electrons. The minimum atomic E-state index is 0.412. The third kappa shape index (κ3) is 2.03. The van der Waals surface area contributed by atoms with E-state index in [4.69, 9.17) is 0 Å². The van der Waals surface area contributed by atoms with Gasteiger partial charge in [0.2, 0.25) is 0 Å². The van der Waals surface area contributed by atoms with Gasteiger partial charge in [0, 0.05) is 12.6 Å². The van der Waals surface area contributed by atoms with Crippen LogP contribution in [0, 0.1) is 11.8 Å². The van der Waals surface area contributed by atoms with Gasteiger partial charge in [-0.2, -0.15) is 0 Å². The van der Waals surface area contributed by atoms with E-state index in [9.17, 15) is 5.11 Å². The van der Waals surface area contributed by atoms with E-state index in [0.717, 1.165) is 18.3 Å². The summed E-state index contributed by atoms with van der Waals surface area (Å²) in [5.74, 6) is 2.08. The SMILES string of the molecule is CC1CCN(C2CCc3cc(O)ccc32)CC1C. The molecule has 0 aromatic heterocycles. The summed E-state index contributed by atoms with van der Waals surface area (Å²) in [6, 6.07) is 6.51. The van der Waals surface area contributed by atoms with Crippen LogP contribution in [0.3, 0.4) is 0 Å². The lowest BCUT2D eigenvalue weighted by molar-refractivity contribution is 0.0955. The smallest absolute Gasteiger partial charge is 0.115 e. The van der Waals surface area contributed by atoms with Gasteiger partial charge < -0.3 is 5.11 Å². The molecule has 2 nitrogen and oxygen atoms in total. The van der Waals surface area contributed by atoms with Crippen LogP contribution < -0.4 is 0 Å². The molecule has 1 N–H and O–H groups in total. The molecule has 1 heterocycles. The van der Waals surface area contributed by atoms with Crippen molar-refractivity contribution in [3.05, 3.63) is 29.3 Å². The summed E-state index contributed by atoms with van der Waals surface area (Å²) in [7, 11) is 0. The third-order valence-electron chi connectivity index (χ3n) is 4.98. The molecule has 0 bridgehead atoms. The highest BCUT2D eigenvalue weighted by Gasteiger charge is 2.32. The molecule has 1 aromatic carbocycles. The van der Waals surface area contributed by atoms with Crippen LogP contribution >= 0.6 is 0 Å². The monoisotopic (exact) mass is 245 g/mol. The quantitative estimate of drug-likeness (QED) is 0.820. The van der Waals surface area contributed by atoms with Gasteiger partial charge in [-0.15, -0.1) is 0 Å². The summed E-state index contributed by atoms with van der Waals surface area (Å²) >= 11 is 0. The van der Waals surface area contributed by atoms with Gasteiger partial charge >= 0.3 is 0 Å². The lowest BCUT2D eigenvalue weighted by Gasteiger charge is -2.39. The van der Waals surface area contributed by atoms with Gasteiger partial charge in [0.05, 0.1) is 0 Å². The minimum Gasteiger partial charge on any atom is -0.508 e. The molecule has 1 fully saturated rings. The van der Waals surface area contributed by atoms with Crippen molar-refractivity contribution in [2.24, 2.45) is 11.8 Å². The highest BCUT2D eigenvalue weighted by molar-refractivity contribution is 5.40. The Morgan fingerprint density at radius 3 is 2.78 bits per heavy atom. The third-order valence-corrected chi connectivity index (χ3v) is 4.98. The first-order chi connectivity index (χ1) is 8.65. The van der Waals surface area contributed by atoms with Gasteiger partial charge in [0.15, 0.2) is 0 Å². The fourth-order valence-corrected chi connectivity index (χ4v) is 3.54. The molecule has 3 atom stereocenters. The second kappa shape index (κ2) is 4.58. The molecule has 0 spiro atoms. The van der Waals surface area contributed by atoms with E-state index in [1.54, 1.807) is 0 Å². The van der Waals surface area contributed by atoms with E-state index in [1.165, 1.54) is 37.1 Å². The lowest BCUT2D eigenvalue weighted by atomic mass is 9.87. The highest BCUT2D eigenvalue weighted by Crippen LogP contribution is 2.39. The number of fused-ring (bicyclic) bond motifs is 1. The van der Waals surface area contributed by atoms with E-state index >= 15 is 0 Å². The molecule has 1 aromatic rings. The van der Waals surface area contributed by atoms with Crippen LogP contribution in [-0.2, 0) is 6.42 Å². The summed E-state index contributed by atoms with van der Waals surface area (Å²) in [6.07, 6.45) is 3.67. The number of benzene rings is 1. The molecule has 0 amide bonds. The van der Waals surface area contributed by atoms with Crippen LogP contribution in [0.25, 0.3) is 0 Å². The molecular weight excluding hydrogens is 222 g/mol. The van der Waals surface area contributed by atoms with E-state index < -0.39 is 0 Å². The normalized spacial score (nSPS) is 32.4. The van der Waals surface area contributed by atoms with E-state index in [-0.39, 0.29) is 0 Å². The fourth-order valence-electron chi connectivity index (χ4n) is 3.54. The molecule has 3 unspecified atom stereocenters. The number of hydrogen-bond donors (Lipinski definition) is 1. The number of phenols is 1. The zero-order valence-electron chi connectivity index (χ0n) is 11.4. The first-order valence-corrected chi connectivity index (χ1v) is 7.21. The van der Waals surface area contributed by atoms with Crippen molar-refractivity contribution in [3.63, 3.8) is 0 Å². The van der Waals surface area contributed by atoms with E-state index in [2.05, 4.69) is 24.8 Å². The van der Waals surface area contributed by atoms with Crippen molar-refractivity contribution in [1.82, 2.24) is 4.90 Å². The van der Waals surface area contributed by atoms with Crippen molar-refractivity contribution in [3.8, 4) is 5.75 Å². The first-order valence-electron chi connectivity index (χ1n) is 7.21. The maximum Gasteiger partial charge on any atom is 0.115 e. The molecule has 0 saturated carbocycles. The topological polar surface area (TPSA) is 23.5 Å². The van der Waals surface area contributed by atoms with Crippen molar-refractivity contribution >= 4 is 0 Å². The number of aromatic hydroxyl groups is 1. The number of aryl methyl sites for hydroxylation is 1. The number of likely N-dealkylation sites (tertiary alicyclic amines) is 1. The van der Waals surface area contributed by atoms with Crippen LogP contribution in [0.15, 0.2) is 18.2 Å². The Morgan fingerprint density at radius 1 is 1.17 bits per heavy atom. The predicted octanol–water partition coefficient (Wildman–Crippen LogP) is 3.36. The number of nitrogens with zero attached hydrogens (tertiary/aromatic N) is 1. The maximum atomic E-state index is 9.56. The summed E-state index contributed by atoms with van der Waals surface area (Å²) in [6.45, 7) is 7.22. The molecule has 0 radical (unpaired) electrons. The zero-order chi connectivity index (χ0) is 12.7. The van der Waals surface area contributed by atoms with Gasteiger partial charge in [-0.1, -0.05) is 19.9 Å². The first kappa shape index (κ1) is 12.0. The Hall–Kier alpha value is -1.02. The Kier molecular flexibility index (Phi) is 3.06. The minimum absolute atomic E-state index is 0.412. The summed E-state index contributed by atoms with van der Waals surface area (Å²) < 4.78 is 0. The Balaban J connectivity index is 1.80. The fraction of sp³-hybridized carbons (Fsp3) is 0.625. The van der Waals surface area contributed by atoms with Crippen LogP contribution in [0.5, 0.6) is 5.75 Å². The zero-order valence-corrected chi connectivity index (χ0v) is 11.4. The Morgan fingerprint density at radius 2 is 2.00 bits per heavy atom. The molecule has 18 heavy (non-hydrogen) atoms. The van der Waals surface area contributed by atoms with E-state index in [1.807, 2.05) is 12.1 Å². The standard InChI is InChI=1S/C16H23NO/c1-11-7-8-17(10-12(11)2)16-6-3-13-9-14(18)4-5-15(13)16/h4-5,9,11-12,16,18H,3,6-8,10H2,1-2H3. The van der Waals surface area contributed by atoms with Gasteiger partial charge in [-0.3, -0.25) is 4.90 Å².